The first kappa shape index (κ1) is 39.7. The van der Waals surface area contributed by atoms with Gasteiger partial charge in [-0.3, -0.25) is 28.8 Å². The first-order valence-electron chi connectivity index (χ1n) is 16.4. The van der Waals surface area contributed by atoms with Gasteiger partial charge in [0, 0.05) is 26.2 Å². The second-order valence-corrected chi connectivity index (χ2v) is 14.1. The fourth-order valence-corrected chi connectivity index (χ4v) is 5.29. The number of nitrogens with one attached hydrogen (secondary N) is 5. The number of rotatable bonds is 14. The highest BCUT2D eigenvalue weighted by molar-refractivity contribution is 6.38. The Labute approximate surface area is 283 Å². The van der Waals surface area contributed by atoms with Crippen LogP contribution >= 0.6 is 0 Å². The standard InChI is InChI=1S/C34H53N7O7/c1-20(2)18-23(28(43)30(45)35-19-25(42)37-27(31(46)40(8)9)22-14-11-10-12-15-22)36-29(44)24-16-13-17-41(24)32(47)26(21(3)4)38-33(48)39-34(5,6)7/h10-12,14-15,20-21,23-24,26-27H,13,16-19H2,1-9H3,(H,35,45)(H,36,44)(H,37,42)(H2,38,39,48). The molecular weight excluding hydrogens is 618 g/mol. The van der Waals surface area contributed by atoms with Gasteiger partial charge in [-0.05, 0) is 57.4 Å². The number of hydrogen-bond acceptors (Lipinski definition) is 7. The fraction of sp³-hybridized carbons (Fsp3) is 0.618. The molecule has 1 aliphatic rings. The van der Waals surface area contributed by atoms with Crippen molar-refractivity contribution in [2.45, 2.75) is 97.4 Å². The zero-order chi connectivity index (χ0) is 36.3. The Kier molecular flexibility index (Phi) is 14.6. The third-order valence-corrected chi connectivity index (χ3v) is 7.65. The van der Waals surface area contributed by atoms with Crippen molar-refractivity contribution in [1.82, 2.24) is 36.4 Å². The predicted octanol–water partition coefficient (Wildman–Crippen LogP) is 1.26. The van der Waals surface area contributed by atoms with Crippen molar-refractivity contribution in [2.24, 2.45) is 11.8 Å². The fourth-order valence-electron chi connectivity index (χ4n) is 5.29. The average molecular weight is 672 g/mol. The molecule has 2 rings (SSSR count). The van der Waals surface area contributed by atoms with Crippen molar-refractivity contribution in [3.8, 4) is 0 Å². The van der Waals surface area contributed by atoms with Gasteiger partial charge >= 0.3 is 6.03 Å². The van der Waals surface area contributed by atoms with Crippen molar-refractivity contribution < 1.29 is 33.6 Å². The average Bonchev–Trinajstić information content (AvgIpc) is 3.49. The number of likely N-dealkylation sites (tertiary alicyclic amines) is 1. The van der Waals surface area contributed by atoms with Crippen molar-refractivity contribution in [2.75, 3.05) is 27.2 Å². The molecule has 1 saturated heterocycles. The number of urea groups is 1. The zero-order valence-electron chi connectivity index (χ0n) is 29.6. The van der Waals surface area contributed by atoms with Crippen LogP contribution in [0.3, 0.4) is 0 Å². The highest BCUT2D eigenvalue weighted by Gasteiger charge is 2.40. The Balaban J connectivity index is 2.10. The van der Waals surface area contributed by atoms with Crippen molar-refractivity contribution in [1.29, 1.82) is 0 Å². The van der Waals surface area contributed by atoms with Crippen LogP contribution < -0.4 is 26.6 Å². The third kappa shape index (κ3) is 11.9. The number of carbonyl (C=O) groups excluding carboxylic acids is 7. The van der Waals surface area contributed by atoms with E-state index in [9.17, 15) is 33.6 Å². The van der Waals surface area contributed by atoms with E-state index in [0.29, 0.717) is 24.9 Å². The van der Waals surface area contributed by atoms with Crippen molar-refractivity contribution in [3.05, 3.63) is 35.9 Å². The molecule has 0 radical (unpaired) electrons. The van der Waals surface area contributed by atoms with Crippen LogP contribution in [-0.2, 0) is 28.8 Å². The Morgan fingerprint density at radius 1 is 0.917 bits per heavy atom. The number of benzene rings is 1. The van der Waals surface area contributed by atoms with E-state index in [0.717, 1.165) is 0 Å². The van der Waals surface area contributed by atoms with E-state index in [2.05, 4.69) is 26.6 Å². The summed E-state index contributed by atoms with van der Waals surface area (Å²) in [6.45, 7) is 12.4. The van der Waals surface area contributed by atoms with E-state index < -0.39 is 71.7 Å². The predicted molar refractivity (Wildman–Crippen MR) is 180 cm³/mol. The highest BCUT2D eigenvalue weighted by atomic mass is 16.2. The van der Waals surface area contributed by atoms with Gasteiger partial charge in [0.25, 0.3) is 5.91 Å². The third-order valence-electron chi connectivity index (χ3n) is 7.65. The van der Waals surface area contributed by atoms with Gasteiger partial charge in [-0.15, -0.1) is 0 Å². The van der Waals surface area contributed by atoms with Crippen LogP contribution in [0.15, 0.2) is 30.3 Å². The van der Waals surface area contributed by atoms with E-state index in [1.807, 2.05) is 34.6 Å². The molecule has 1 heterocycles. The van der Waals surface area contributed by atoms with Crippen LogP contribution in [0.25, 0.3) is 0 Å². The molecule has 0 aliphatic carbocycles. The highest BCUT2D eigenvalue weighted by Crippen LogP contribution is 2.21. The molecule has 1 aliphatic heterocycles. The molecule has 48 heavy (non-hydrogen) atoms. The second-order valence-electron chi connectivity index (χ2n) is 14.1. The van der Waals surface area contributed by atoms with Crippen LogP contribution in [0.4, 0.5) is 4.79 Å². The second kappa shape index (κ2) is 17.6. The molecule has 1 aromatic rings. The Hall–Kier alpha value is -4.49. The number of amides is 7. The number of carbonyl (C=O) groups is 7. The van der Waals surface area contributed by atoms with Crippen molar-refractivity contribution >= 4 is 41.4 Å². The van der Waals surface area contributed by atoms with E-state index in [1.54, 1.807) is 58.3 Å². The van der Waals surface area contributed by atoms with E-state index >= 15 is 0 Å². The number of ketones is 1. The summed E-state index contributed by atoms with van der Waals surface area (Å²) in [5.74, 6) is -4.42. The molecule has 0 bridgehead atoms. The Morgan fingerprint density at radius 2 is 1.54 bits per heavy atom. The zero-order valence-corrected chi connectivity index (χ0v) is 29.6. The van der Waals surface area contributed by atoms with Gasteiger partial charge in [-0.2, -0.15) is 0 Å². The molecular formula is C34H53N7O7. The van der Waals surface area contributed by atoms with E-state index in [4.69, 9.17) is 0 Å². The lowest BCUT2D eigenvalue weighted by atomic mass is 9.98. The summed E-state index contributed by atoms with van der Waals surface area (Å²) in [4.78, 5) is 94.2. The van der Waals surface area contributed by atoms with Gasteiger partial charge < -0.3 is 36.4 Å². The normalized spacial score (nSPS) is 16.4. The molecule has 14 nitrogen and oxygen atoms in total. The SMILES string of the molecule is CC(C)CC(NC(=O)C1CCCN1C(=O)C(NC(=O)NC(C)(C)C)C(C)C)C(=O)C(=O)NCC(=O)NC(C(=O)N(C)C)c1ccccc1. The summed E-state index contributed by atoms with van der Waals surface area (Å²) >= 11 is 0. The van der Waals surface area contributed by atoms with Crippen molar-refractivity contribution in [3.63, 3.8) is 0 Å². The lowest BCUT2D eigenvalue weighted by Crippen LogP contribution is -2.59. The lowest BCUT2D eigenvalue weighted by Gasteiger charge is -2.32. The molecule has 0 spiro atoms. The summed E-state index contributed by atoms with van der Waals surface area (Å²) in [7, 11) is 3.11. The minimum Gasteiger partial charge on any atom is -0.347 e. The maximum absolute atomic E-state index is 13.6. The smallest absolute Gasteiger partial charge is 0.315 e. The molecule has 4 unspecified atom stereocenters. The van der Waals surface area contributed by atoms with Gasteiger partial charge in [-0.25, -0.2) is 4.79 Å². The molecule has 14 heteroatoms. The van der Waals surface area contributed by atoms with E-state index in [1.165, 1.54) is 9.80 Å². The molecule has 1 fully saturated rings. The quantitative estimate of drug-likeness (QED) is 0.184. The summed E-state index contributed by atoms with van der Waals surface area (Å²) in [5.41, 5.74) is 0.0314. The number of likely N-dealkylation sites (N-methyl/N-ethyl adjacent to an activating group) is 1. The van der Waals surface area contributed by atoms with Gasteiger partial charge in [-0.1, -0.05) is 58.0 Å². The molecule has 4 atom stereocenters. The van der Waals surface area contributed by atoms with Crippen LogP contribution in [-0.4, -0.2) is 102 Å². The molecule has 7 amide bonds. The van der Waals surface area contributed by atoms with Crippen LogP contribution in [0.5, 0.6) is 0 Å². The summed E-state index contributed by atoms with van der Waals surface area (Å²) in [5, 5.41) is 13.1. The number of nitrogens with zero attached hydrogens (tertiary/aromatic N) is 2. The first-order valence-corrected chi connectivity index (χ1v) is 16.4. The molecule has 5 N–H and O–H groups in total. The van der Waals surface area contributed by atoms with Gasteiger partial charge in [0.2, 0.25) is 29.4 Å². The molecule has 266 valence electrons. The minimum atomic E-state index is -1.21. The first-order chi connectivity index (χ1) is 22.3. The molecule has 1 aromatic carbocycles. The summed E-state index contributed by atoms with van der Waals surface area (Å²) in [6, 6.07) is 4.13. The van der Waals surface area contributed by atoms with Crippen LogP contribution in [0.2, 0.25) is 0 Å². The summed E-state index contributed by atoms with van der Waals surface area (Å²) in [6.07, 6.45) is 1.03. The molecule has 0 aromatic heterocycles. The van der Waals surface area contributed by atoms with Crippen LogP contribution in [0.1, 0.15) is 79.3 Å². The topological polar surface area (TPSA) is 186 Å². The monoisotopic (exact) mass is 671 g/mol. The Morgan fingerprint density at radius 3 is 2.08 bits per heavy atom. The van der Waals surface area contributed by atoms with Gasteiger partial charge in [0.15, 0.2) is 0 Å². The van der Waals surface area contributed by atoms with Gasteiger partial charge in [0.1, 0.15) is 18.1 Å². The maximum Gasteiger partial charge on any atom is 0.315 e. The largest absolute Gasteiger partial charge is 0.347 e. The maximum atomic E-state index is 13.6. The number of hydrogen-bond donors (Lipinski definition) is 5. The minimum absolute atomic E-state index is 0.0869. The van der Waals surface area contributed by atoms with Crippen LogP contribution in [0, 0.1) is 11.8 Å². The number of Topliss-reactive ketones (excluding diaryl/α,β-unsaturated/α-hetero) is 1. The molecule has 0 saturated carbocycles. The van der Waals surface area contributed by atoms with E-state index in [-0.39, 0.29) is 24.2 Å². The Bertz CT molecular complexity index is 1320. The lowest BCUT2D eigenvalue weighted by molar-refractivity contribution is -0.143. The van der Waals surface area contributed by atoms with Gasteiger partial charge in [0.05, 0.1) is 12.6 Å². The summed E-state index contributed by atoms with van der Waals surface area (Å²) < 4.78 is 0.